The molecule has 1 N–H and O–H groups in total. The Bertz CT molecular complexity index is 1100. The number of oxime groups is 1. The van der Waals surface area contributed by atoms with Crippen molar-refractivity contribution in [2.24, 2.45) is 10.6 Å². The number of halogens is 1. The van der Waals surface area contributed by atoms with Gasteiger partial charge in [0.1, 0.15) is 22.9 Å². The lowest BCUT2D eigenvalue weighted by molar-refractivity contribution is -0.124. The largest absolute Gasteiger partial charge is 0.389 e. The Hall–Kier alpha value is -2.49. The molecule has 0 bridgehead atoms. The highest BCUT2D eigenvalue weighted by Gasteiger charge is 2.37. The Balaban J connectivity index is 1.87. The number of aromatic nitrogens is 1. The zero-order valence-corrected chi connectivity index (χ0v) is 17.8. The Morgan fingerprint density at radius 3 is 2.62 bits per heavy atom. The second-order valence-electron chi connectivity index (χ2n) is 8.42. The number of nitrogens with one attached hydrogen (secondary N) is 1. The molecule has 1 aromatic heterocycles. The Morgan fingerprint density at radius 2 is 2.03 bits per heavy atom. The molecule has 1 amide bonds. The van der Waals surface area contributed by atoms with Crippen molar-refractivity contribution in [1.29, 1.82) is 0 Å². The molecule has 0 saturated heterocycles. The SMILES string of the molecule is CCC(C)(C)C(=O)Nc1cc2onc(CS(=O)(=O)C3=NOC(C)(C)C3)c2cc1F. The van der Waals surface area contributed by atoms with Crippen LogP contribution < -0.4 is 5.32 Å². The second kappa shape index (κ2) is 7.08. The molecule has 0 fully saturated rings. The summed E-state index contributed by atoms with van der Waals surface area (Å²) < 4.78 is 45.0. The van der Waals surface area contributed by atoms with Crippen molar-refractivity contribution in [3.8, 4) is 0 Å². The van der Waals surface area contributed by atoms with Gasteiger partial charge in [0.25, 0.3) is 0 Å². The number of hydrogen-bond donors (Lipinski definition) is 1. The third kappa shape index (κ3) is 4.26. The predicted octanol–water partition coefficient (Wildman–Crippen LogP) is 3.77. The van der Waals surface area contributed by atoms with Gasteiger partial charge in [-0.1, -0.05) is 31.1 Å². The van der Waals surface area contributed by atoms with Gasteiger partial charge in [-0.2, -0.15) is 0 Å². The van der Waals surface area contributed by atoms with Crippen LogP contribution in [0.25, 0.3) is 11.0 Å². The van der Waals surface area contributed by atoms with Crippen LogP contribution in [0.2, 0.25) is 0 Å². The third-order valence-corrected chi connectivity index (χ3v) is 6.63. The van der Waals surface area contributed by atoms with Crippen LogP contribution in [0.5, 0.6) is 0 Å². The molecule has 0 unspecified atom stereocenters. The third-order valence-electron chi connectivity index (χ3n) is 5.04. The van der Waals surface area contributed by atoms with Crippen LogP contribution in [0.15, 0.2) is 21.8 Å². The number of anilines is 1. The summed E-state index contributed by atoms with van der Waals surface area (Å²) >= 11 is 0. The first-order valence-corrected chi connectivity index (χ1v) is 10.9. The first-order chi connectivity index (χ1) is 13.3. The molecule has 10 heteroatoms. The monoisotopic (exact) mass is 425 g/mol. The minimum Gasteiger partial charge on any atom is -0.389 e. The van der Waals surface area contributed by atoms with Crippen LogP contribution in [-0.4, -0.2) is 30.1 Å². The van der Waals surface area contributed by atoms with E-state index in [-0.39, 0.29) is 39.7 Å². The van der Waals surface area contributed by atoms with E-state index in [1.54, 1.807) is 27.7 Å². The van der Waals surface area contributed by atoms with Gasteiger partial charge < -0.3 is 14.7 Å². The molecule has 3 rings (SSSR count). The number of rotatable bonds is 5. The smallest absolute Gasteiger partial charge is 0.230 e. The van der Waals surface area contributed by atoms with Crippen LogP contribution in [-0.2, 0) is 25.2 Å². The topological polar surface area (TPSA) is 111 Å². The molecule has 1 aliphatic rings. The predicted molar refractivity (Wildman–Crippen MR) is 107 cm³/mol. The number of benzene rings is 1. The summed E-state index contributed by atoms with van der Waals surface area (Å²) in [4.78, 5) is 17.4. The van der Waals surface area contributed by atoms with Gasteiger partial charge in [0, 0.05) is 23.3 Å². The zero-order valence-electron chi connectivity index (χ0n) is 17.0. The number of sulfone groups is 1. The van der Waals surface area contributed by atoms with E-state index >= 15 is 0 Å². The maximum atomic E-state index is 14.6. The van der Waals surface area contributed by atoms with E-state index in [0.717, 1.165) is 6.07 Å². The van der Waals surface area contributed by atoms with E-state index in [9.17, 15) is 17.6 Å². The highest BCUT2D eigenvalue weighted by Crippen LogP contribution is 2.31. The van der Waals surface area contributed by atoms with E-state index in [1.165, 1.54) is 6.07 Å². The minimum atomic E-state index is -3.80. The summed E-state index contributed by atoms with van der Waals surface area (Å²) in [5.74, 6) is -1.53. The van der Waals surface area contributed by atoms with Crippen molar-refractivity contribution in [2.75, 3.05) is 5.32 Å². The first-order valence-electron chi connectivity index (χ1n) is 9.22. The summed E-state index contributed by atoms with van der Waals surface area (Å²) in [5, 5.41) is 10.1. The molecule has 1 aromatic carbocycles. The summed E-state index contributed by atoms with van der Waals surface area (Å²) in [6, 6.07) is 2.42. The van der Waals surface area contributed by atoms with Crippen molar-refractivity contribution < 1.29 is 27.0 Å². The quantitative estimate of drug-likeness (QED) is 0.781. The van der Waals surface area contributed by atoms with Gasteiger partial charge in [-0.25, -0.2) is 12.8 Å². The van der Waals surface area contributed by atoms with Gasteiger partial charge in [0.05, 0.1) is 5.69 Å². The molecule has 2 aromatic rings. The fraction of sp³-hybridized carbons (Fsp3) is 0.526. The fourth-order valence-corrected chi connectivity index (χ4v) is 4.15. The molecular weight excluding hydrogens is 401 g/mol. The lowest BCUT2D eigenvalue weighted by Crippen LogP contribution is -2.30. The van der Waals surface area contributed by atoms with E-state index < -0.39 is 32.4 Å². The molecule has 158 valence electrons. The van der Waals surface area contributed by atoms with Crippen molar-refractivity contribution in [1.82, 2.24) is 5.16 Å². The highest BCUT2D eigenvalue weighted by atomic mass is 32.2. The first kappa shape index (κ1) is 21.2. The number of carbonyl (C=O) groups is 1. The average molecular weight is 425 g/mol. The lowest BCUT2D eigenvalue weighted by Gasteiger charge is -2.21. The molecule has 2 heterocycles. The van der Waals surface area contributed by atoms with Gasteiger partial charge in [0.15, 0.2) is 10.6 Å². The number of hydrogen-bond acceptors (Lipinski definition) is 7. The molecule has 0 radical (unpaired) electrons. The van der Waals surface area contributed by atoms with E-state index in [2.05, 4.69) is 15.6 Å². The Morgan fingerprint density at radius 1 is 1.34 bits per heavy atom. The summed E-state index contributed by atoms with van der Waals surface area (Å²) in [5.41, 5.74) is -1.17. The number of amides is 1. The van der Waals surface area contributed by atoms with Crippen molar-refractivity contribution in [3.63, 3.8) is 0 Å². The normalized spacial score (nSPS) is 16.6. The fourth-order valence-electron chi connectivity index (χ4n) is 2.69. The summed E-state index contributed by atoms with van der Waals surface area (Å²) in [6.07, 6.45) is 0.723. The Labute approximate surface area is 168 Å². The van der Waals surface area contributed by atoms with Crippen LogP contribution >= 0.6 is 0 Å². The number of carbonyl (C=O) groups excluding carboxylic acids is 1. The van der Waals surface area contributed by atoms with Crippen molar-refractivity contribution in [3.05, 3.63) is 23.6 Å². The second-order valence-corrected chi connectivity index (χ2v) is 10.4. The van der Waals surface area contributed by atoms with Crippen LogP contribution in [0.4, 0.5) is 10.1 Å². The van der Waals surface area contributed by atoms with Crippen molar-refractivity contribution >= 4 is 37.4 Å². The zero-order chi connectivity index (χ0) is 21.6. The number of fused-ring (bicyclic) bond motifs is 1. The standard InChI is InChI=1S/C19H24FN3O5S/c1-6-18(2,3)17(24)21-13-8-15-11(7-12(13)20)14(22-27-15)10-29(25,26)16-9-19(4,5)28-23-16/h7-8H,6,9-10H2,1-5H3,(H,21,24). The van der Waals surface area contributed by atoms with Gasteiger partial charge in [-0.3, -0.25) is 4.79 Å². The van der Waals surface area contributed by atoms with Gasteiger partial charge >= 0.3 is 0 Å². The van der Waals surface area contributed by atoms with Gasteiger partial charge in [-0.05, 0) is 26.3 Å². The van der Waals surface area contributed by atoms with E-state index in [0.29, 0.717) is 6.42 Å². The highest BCUT2D eigenvalue weighted by molar-refractivity contribution is 8.05. The molecule has 29 heavy (non-hydrogen) atoms. The molecule has 0 aliphatic carbocycles. The van der Waals surface area contributed by atoms with Crippen LogP contribution in [0.1, 0.15) is 53.2 Å². The lowest BCUT2D eigenvalue weighted by atomic mass is 9.89. The maximum absolute atomic E-state index is 14.6. The van der Waals surface area contributed by atoms with Gasteiger partial charge in [0.2, 0.25) is 15.7 Å². The van der Waals surface area contributed by atoms with Gasteiger partial charge in [-0.15, -0.1) is 0 Å². The minimum absolute atomic E-state index is 0.0510. The van der Waals surface area contributed by atoms with Crippen LogP contribution in [0.3, 0.4) is 0 Å². The molecule has 0 saturated carbocycles. The molecule has 0 atom stereocenters. The maximum Gasteiger partial charge on any atom is 0.230 e. The molecule has 8 nitrogen and oxygen atoms in total. The van der Waals surface area contributed by atoms with Crippen molar-refractivity contribution in [2.45, 2.75) is 58.8 Å². The number of nitrogens with zero attached hydrogens (tertiary/aromatic N) is 2. The van der Waals surface area contributed by atoms with E-state index in [4.69, 9.17) is 9.36 Å². The molecule has 0 spiro atoms. The molecule has 1 aliphatic heterocycles. The summed E-state index contributed by atoms with van der Waals surface area (Å²) in [7, 11) is -3.80. The van der Waals surface area contributed by atoms with E-state index in [1.807, 2.05) is 6.92 Å². The van der Waals surface area contributed by atoms with Crippen LogP contribution in [0, 0.1) is 11.2 Å². The Kier molecular flexibility index (Phi) is 5.18. The average Bonchev–Trinajstić information content (AvgIpc) is 3.18. The summed E-state index contributed by atoms with van der Waals surface area (Å²) in [6.45, 7) is 8.84. The molecular formula is C19H24FN3O5S.